The monoisotopic (exact) mass is 308 g/mol. The van der Waals surface area contributed by atoms with Gasteiger partial charge < -0.3 is 9.53 Å². The maximum atomic E-state index is 10.7. The minimum Gasteiger partial charge on any atom is -0.417 e. The summed E-state index contributed by atoms with van der Waals surface area (Å²) in [4.78, 5) is 0. The van der Waals surface area contributed by atoms with E-state index in [-0.39, 0.29) is 5.04 Å². The van der Waals surface area contributed by atoms with Crippen LogP contribution in [0.3, 0.4) is 0 Å². The highest BCUT2D eigenvalue weighted by Crippen LogP contribution is 2.47. The van der Waals surface area contributed by atoms with Crippen LogP contribution in [0.5, 0.6) is 0 Å². The molecule has 0 unspecified atom stereocenters. The number of fused-ring (bicyclic) bond motifs is 1. The van der Waals surface area contributed by atoms with Gasteiger partial charge in [0.2, 0.25) is 0 Å². The lowest BCUT2D eigenvalue weighted by atomic mass is 9.67. The first-order valence-electron chi connectivity index (χ1n) is 8.25. The molecule has 1 fully saturated rings. The smallest absolute Gasteiger partial charge is 0.191 e. The lowest BCUT2D eigenvalue weighted by molar-refractivity contribution is -0.0546. The SMILES string of the molecule is C=C[C@@H]1C[C@]2(O)CC=C[C@@H]2C[C@H]1CO[Si](C)(C)C(C)(C)C. The molecule has 0 aromatic carbocycles. The number of hydrogen-bond acceptors (Lipinski definition) is 2. The molecule has 2 aliphatic rings. The third-order valence-electron chi connectivity index (χ3n) is 6.05. The van der Waals surface area contributed by atoms with Gasteiger partial charge in [-0.2, -0.15) is 0 Å². The molecule has 4 atom stereocenters. The number of allylic oxidation sites excluding steroid dienone is 1. The van der Waals surface area contributed by atoms with E-state index < -0.39 is 13.9 Å². The van der Waals surface area contributed by atoms with Gasteiger partial charge >= 0.3 is 0 Å². The highest BCUT2D eigenvalue weighted by atomic mass is 28.4. The molecule has 2 rings (SSSR count). The molecular formula is C18H32O2Si. The molecule has 3 heteroatoms. The summed E-state index contributed by atoms with van der Waals surface area (Å²) in [7, 11) is -1.70. The summed E-state index contributed by atoms with van der Waals surface area (Å²) in [6, 6.07) is 0. The Morgan fingerprint density at radius 3 is 2.67 bits per heavy atom. The second-order valence-electron chi connectivity index (χ2n) is 8.51. The first kappa shape index (κ1) is 17.0. The van der Waals surface area contributed by atoms with Gasteiger partial charge in [0.1, 0.15) is 0 Å². The first-order chi connectivity index (χ1) is 9.59. The van der Waals surface area contributed by atoms with Crippen molar-refractivity contribution in [2.75, 3.05) is 6.61 Å². The molecule has 2 nitrogen and oxygen atoms in total. The Morgan fingerprint density at radius 1 is 1.43 bits per heavy atom. The number of aliphatic hydroxyl groups is 1. The predicted octanol–water partition coefficient (Wildman–Crippen LogP) is 4.53. The molecule has 0 aromatic heterocycles. The first-order valence-corrected chi connectivity index (χ1v) is 11.2. The van der Waals surface area contributed by atoms with Crippen molar-refractivity contribution < 1.29 is 9.53 Å². The van der Waals surface area contributed by atoms with Crippen molar-refractivity contribution >= 4 is 8.32 Å². The van der Waals surface area contributed by atoms with Crippen molar-refractivity contribution in [1.82, 2.24) is 0 Å². The minimum atomic E-state index is -1.70. The summed E-state index contributed by atoms with van der Waals surface area (Å²) in [6.45, 7) is 16.3. The Bertz CT molecular complexity index is 421. The quantitative estimate of drug-likeness (QED) is 0.611. The van der Waals surface area contributed by atoms with Crippen molar-refractivity contribution in [1.29, 1.82) is 0 Å². The second-order valence-corrected chi connectivity index (χ2v) is 13.3. The number of rotatable bonds is 4. The van der Waals surface area contributed by atoms with E-state index in [4.69, 9.17) is 4.43 Å². The average molecular weight is 309 g/mol. The van der Waals surface area contributed by atoms with Crippen molar-refractivity contribution in [3.63, 3.8) is 0 Å². The molecule has 0 aliphatic heterocycles. The molecule has 0 radical (unpaired) electrons. The number of hydrogen-bond donors (Lipinski definition) is 1. The molecule has 120 valence electrons. The standard InChI is InChI=1S/C18H32O2Si/c1-7-14-12-18(19)10-8-9-16(18)11-15(14)13-20-21(5,6)17(2,3)4/h7-9,14-16,19H,1,10-13H2,2-6H3/t14-,15+,16-,18-/m1/s1. The molecule has 1 N–H and O–H groups in total. The van der Waals surface area contributed by atoms with Crippen LogP contribution in [-0.4, -0.2) is 25.6 Å². The van der Waals surface area contributed by atoms with Crippen molar-refractivity contribution in [3.8, 4) is 0 Å². The maximum absolute atomic E-state index is 10.7. The van der Waals surface area contributed by atoms with Gasteiger partial charge in [-0.25, -0.2) is 0 Å². The Labute approximate surface area is 131 Å². The Hall–Kier alpha value is -0.383. The highest BCUT2D eigenvalue weighted by Gasteiger charge is 2.47. The fourth-order valence-electron chi connectivity index (χ4n) is 3.37. The van der Waals surface area contributed by atoms with Crippen LogP contribution in [0, 0.1) is 17.8 Å². The molecule has 0 bridgehead atoms. The summed E-state index contributed by atoms with van der Waals surface area (Å²) in [5.41, 5.74) is -0.521. The maximum Gasteiger partial charge on any atom is 0.191 e. The molecule has 0 saturated heterocycles. The van der Waals surface area contributed by atoms with Gasteiger partial charge in [-0.3, -0.25) is 0 Å². The van der Waals surface area contributed by atoms with Gasteiger partial charge in [-0.05, 0) is 49.2 Å². The largest absolute Gasteiger partial charge is 0.417 e. The molecule has 2 aliphatic carbocycles. The summed E-state index contributed by atoms with van der Waals surface area (Å²) in [5.74, 6) is 1.17. The lowest BCUT2D eigenvalue weighted by Crippen LogP contribution is -2.47. The molecule has 0 amide bonds. The minimum absolute atomic E-state index is 0.249. The zero-order valence-corrected chi connectivity index (χ0v) is 15.4. The van der Waals surface area contributed by atoms with E-state index in [2.05, 4.69) is 52.6 Å². The molecular weight excluding hydrogens is 276 g/mol. The third-order valence-corrected chi connectivity index (χ3v) is 10.5. The zero-order chi connectivity index (χ0) is 15.9. The van der Waals surface area contributed by atoms with E-state index in [1.807, 2.05) is 6.08 Å². The topological polar surface area (TPSA) is 29.5 Å². The van der Waals surface area contributed by atoms with E-state index in [0.717, 1.165) is 25.9 Å². The summed E-state index contributed by atoms with van der Waals surface area (Å²) >= 11 is 0. The molecule has 0 heterocycles. The lowest BCUT2D eigenvalue weighted by Gasteiger charge is -2.44. The summed E-state index contributed by atoms with van der Waals surface area (Å²) in [6.07, 6.45) is 9.04. The van der Waals surface area contributed by atoms with Gasteiger partial charge in [-0.1, -0.05) is 39.0 Å². The summed E-state index contributed by atoms with van der Waals surface area (Å²) in [5, 5.41) is 11.0. The molecule has 21 heavy (non-hydrogen) atoms. The Morgan fingerprint density at radius 2 is 2.10 bits per heavy atom. The highest BCUT2D eigenvalue weighted by molar-refractivity contribution is 6.74. The fraction of sp³-hybridized carbons (Fsp3) is 0.778. The zero-order valence-electron chi connectivity index (χ0n) is 14.4. The van der Waals surface area contributed by atoms with Crippen molar-refractivity contribution in [2.24, 2.45) is 17.8 Å². The van der Waals surface area contributed by atoms with E-state index >= 15 is 0 Å². The van der Waals surface area contributed by atoms with Crippen LogP contribution in [-0.2, 0) is 4.43 Å². The van der Waals surface area contributed by atoms with Crippen LogP contribution in [0.4, 0.5) is 0 Å². The van der Waals surface area contributed by atoms with Crippen molar-refractivity contribution in [2.45, 2.75) is 63.8 Å². The van der Waals surface area contributed by atoms with E-state index in [0.29, 0.717) is 17.8 Å². The normalized spacial score (nSPS) is 36.6. The summed E-state index contributed by atoms with van der Waals surface area (Å²) < 4.78 is 6.43. The fourth-order valence-corrected chi connectivity index (χ4v) is 4.44. The Kier molecular flexibility index (Phi) is 4.59. The van der Waals surface area contributed by atoms with Crippen LogP contribution >= 0.6 is 0 Å². The van der Waals surface area contributed by atoms with Crippen molar-refractivity contribution in [3.05, 3.63) is 24.8 Å². The average Bonchev–Trinajstić information content (AvgIpc) is 2.74. The van der Waals surface area contributed by atoms with Crippen LogP contribution in [0.25, 0.3) is 0 Å². The van der Waals surface area contributed by atoms with Gasteiger partial charge in [0.15, 0.2) is 8.32 Å². The van der Waals surface area contributed by atoms with Crippen LogP contribution in [0.15, 0.2) is 24.8 Å². The Balaban J connectivity index is 2.02. The third kappa shape index (κ3) is 3.35. The van der Waals surface area contributed by atoms with Gasteiger partial charge in [0, 0.05) is 12.5 Å². The molecule has 0 spiro atoms. The second kappa shape index (κ2) is 5.67. The molecule has 1 saturated carbocycles. The van der Waals surface area contributed by atoms with Gasteiger partial charge in [0.05, 0.1) is 5.60 Å². The van der Waals surface area contributed by atoms with Crippen LogP contribution in [0.2, 0.25) is 18.1 Å². The molecule has 0 aromatic rings. The van der Waals surface area contributed by atoms with Crippen LogP contribution in [0.1, 0.15) is 40.0 Å². The van der Waals surface area contributed by atoms with Gasteiger partial charge in [-0.15, -0.1) is 6.58 Å². The van der Waals surface area contributed by atoms with Crippen LogP contribution < -0.4 is 0 Å². The van der Waals surface area contributed by atoms with E-state index in [1.54, 1.807) is 0 Å². The van der Waals surface area contributed by atoms with E-state index in [1.165, 1.54) is 0 Å². The van der Waals surface area contributed by atoms with E-state index in [9.17, 15) is 5.11 Å². The predicted molar refractivity (Wildman–Crippen MR) is 91.8 cm³/mol. The van der Waals surface area contributed by atoms with Gasteiger partial charge in [0.25, 0.3) is 0 Å².